The maximum absolute atomic E-state index is 11.1. The fourth-order valence-corrected chi connectivity index (χ4v) is 1.85. The number of benzene rings is 1. The Bertz CT molecular complexity index is 622. The Morgan fingerprint density at radius 2 is 2.26 bits per heavy atom. The Labute approximate surface area is 115 Å². The average molecular weight is 281 g/mol. The lowest BCUT2D eigenvalue weighted by Gasteiger charge is -2.11. The number of hydrogen-bond donors (Lipinski definition) is 1. The molecule has 0 fully saturated rings. The molecule has 0 radical (unpaired) electrons. The van der Waals surface area contributed by atoms with Crippen molar-refractivity contribution in [3.05, 3.63) is 46.5 Å². The Morgan fingerprint density at radius 3 is 2.84 bits per heavy atom. The number of carboxylic acid groups (broad SMARTS) is 1. The van der Waals surface area contributed by atoms with E-state index in [0.717, 1.165) is 5.56 Å². The monoisotopic (exact) mass is 280 g/mol. The van der Waals surface area contributed by atoms with Gasteiger partial charge < -0.3 is 14.4 Å². The smallest absolute Gasteiger partial charge is 0.339 e. The van der Waals surface area contributed by atoms with Gasteiger partial charge >= 0.3 is 5.97 Å². The fourth-order valence-electron chi connectivity index (χ4n) is 1.71. The molecule has 0 atom stereocenters. The Hall–Kier alpha value is -2.01. The van der Waals surface area contributed by atoms with Gasteiger partial charge in [0.25, 0.3) is 0 Å². The first-order chi connectivity index (χ1) is 9.00. The standard InChI is InChI=1S/C13H13ClN2O3/c1-8-4-3-5-9(13(17)18)12(8)19-7-11-15-6-10(14)16(11)2/h3-6H,7H2,1-2H3,(H,17,18). The molecule has 1 heterocycles. The average Bonchev–Trinajstić information content (AvgIpc) is 2.68. The van der Waals surface area contributed by atoms with Crippen LogP contribution in [0.3, 0.4) is 0 Å². The highest BCUT2D eigenvalue weighted by Crippen LogP contribution is 2.24. The molecule has 1 N–H and O–H groups in total. The molecule has 6 heteroatoms. The van der Waals surface area contributed by atoms with Crippen LogP contribution in [0.25, 0.3) is 0 Å². The van der Waals surface area contributed by atoms with Crippen LogP contribution in [0, 0.1) is 6.92 Å². The number of rotatable bonds is 4. The molecule has 0 amide bonds. The van der Waals surface area contributed by atoms with Crippen molar-refractivity contribution in [3.63, 3.8) is 0 Å². The number of hydrogen-bond acceptors (Lipinski definition) is 3. The molecule has 5 nitrogen and oxygen atoms in total. The predicted octanol–water partition coefficient (Wildman–Crippen LogP) is 2.66. The number of aromatic carboxylic acids is 1. The Kier molecular flexibility index (Phi) is 3.76. The largest absolute Gasteiger partial charge is 0.484 e. The molecule has 0 aliphatic rings. The topological polar surface area (TPSA) is 64.3 Å². The summed E-state index contributed by atoms with van der Waals surface area (Å²) in [5.74, 6) is -0.0321. The lowest BCUT2D eigenvalue weighted by molar-refractivity contribution is 0.0691. The van der Waals surface area contributed by atoms with Gasteiger partial charge in [-0.3, -0.25) is 0 Å². The molecule has 2 rings (SSSR count). The Morgan fingerprint density at radius 1 is 1.53 bits per heavy atom. The second-order valence-corrected chi connectivity index (χ2v) is 4.49. The van der Waals surface area contributed by atoms with E-state index in [-0.39, 0.29) is 12.2 Å². The summed E-state index contributed by atoms with van der Waals surface area (Å²) in [7, 11) is 1.77. The van der Waals surface area contributed by atoms with Crippen LogP contribution >= 0.6 is 11.6 Å². The van der Waals surface area contributed by atoms with Gasteiger partial charge in [0.2, 0.25) is 0 Å². The fraction of sp³-hybridized carbons (Fsp3) is 0.231. The summed E-state index contributed by atoms with van der Waals surface area (Å²) in [6, 6.07) is 4.99. The van der Waals surface area contributed by atoms with Crippen LogP contribution in [0.1, 0.15) is 21.7 Å². The van der Waals surface area contributed by atoms with Gasteiger partial charge in [0.15, 0.2) is 0 Å². The van der Waals surface area contributed by atoms with E-state index in [2.05, 4.69) is 4.98 Å². The zero-order valence-electron chi connectivity index (χ0n) is 10.6. The van der Waals surface area contributed by atoms with Gasteiger partial charge in [-0.05, 0) is 18.6 Å². The summed E-state index contributed by atoms with van der Waals surface area (Å²) in [6.07, 6.45) is 1.52. The number of nitrogens with zero attached hydrogens (tertiary/aromatic N) is 2. The van der Waals surface area contributed by atoms with Gasteiger partial charge in [0, 0.05) is 7.05 Å². The molecule has 1 aromatic heterocycles. The number of para-hydroxylation sites is 1. The number of carbonyl (C=O) groups is 1. The molecule has 0 saturated heterocycles. The third-order valence-corrected chi connectivity index (χ3v) is 3.17. The molecule has 0 aliphatic heterocycles. The van der Waals surface area contributed by atoms with E-state index >= 15 is 0 Å². The van der Waals surface area contributed by atoms with Gasteiger partial charge in [0.1, 0.15) is 28.9 Å². The lowest BCUT2D eigenvalue weighted by atomic mass is 10.1. The van der Waals surface area contributed by atoms with E-state index in [9.17, 15) is 4.79 Å². The van der Waals surface area contributed by atoms with Gasteiger partial charge in [-0.2, -0.15) is 0 Å². The summed E-state index contributed by atoms with van der Waals surface area (Å²) in [5, 5.41) is 9.63. The van der Waals surface area contributed by atoms with Crippen LogP contribution in [0.2, 0.25) is 5.15 Å². The van der Waals surface area contributed by atoms with Crippen molar-refractivity contribution < 1.29 is 14.6 Å². The van der Waals surface area contributed by atoms with Crippen molar-refractivity contribution in [3.8, 4) is 5.75 Å². The molecular formula is C13H13ClN2O3. The highest BCUT2D eigenvalue weighted by Gasteiger charge is 2.14. The molecule has 100 valence electrons. The second kappa shape index (κ2) is 5.32. The summed E-state index contributed by atoms with van der Waals surface area (Å²) in [5.41, 5.74) is 0.903. The summed E-state index contributed by atoms with van der Waals surface area (Å²) >= 11 is 5.87. The van der Waals surface area contributed by atoms with Crippen LogP contribution in [-0.2, 0) is 13.7 Å². The number of aromatic nitrogens is 2. The van der Waals surface area contributed by atoms with Crippen molar-refractivity contribution in [2.45, 2.75) is 13.5 Å². The van der Waals surface area contributed by atoms with Crippen molar-refractivity contribution >= 4 is 17.6 Å². The predicted molar refractivity (Wildman–Crippen MR) is 70.7 cm³/mol. The number of imidazole rings is 1. The molecule has 19 heavy (non-hydrogen) atoms. The zero-order chi connectivity index (χ0) is 14.0. The maximum atomic E-state index is 11.1. The molecule has 0 saturated carbocycles. The minimum absolute atomic E-state index is 0.139. The van der Waals surface area contributed by atoms with E-state index in [1.165, 1.54) is 12.3 Å². The SMILES string of the molecule is Cc1cccc(C(=O)O)c1OCc1ncc(Cl)n1C. The van der Waals surface area contributed by atoms with Gasteiger partial charge in [-0.15, -0.1) is 0 Å². The molecule has 0 bridgehead atoms. The van der Waals surface area contributed by atoms with Crippen LogP contribution in [0.15, 0.2) is 24.4 Å². The Balaban J connectivity index is 2.24. The number of carboxylic acids is 1. The number of halogens is 1. The van der Waals surface area contributed by atoms with Crippen LogP contribution in [0.5, 0.6) is 5.75 Å². The van der Waals surface area contributed by atoms with Crippen molar-refractivity contribution in [2.75, 3.05) is 0 Å². The highest BCUT2D eigenvalue weighted by molar-refractivity contribution is 6.29. The first-order valence-electron chi connectivity index (χ1n) is 5.62. The minimum atomic E-state index is -1.02. The highest BCUT2D eigenvalue weighted by atomic mass is 35.5. The molecule has 2 aromatic rings. The molecular weight excluding hydrogens is 268 g/mol. The lowest BCUT2D eigenvalue weighted by Crippen LogP contribution is -2.08. The first-order valence-corrected chi connectivity index (χ1v) is 6.00. The van der Waals surface area contributed by atoms with Crippen molar-refractivity contribution in [1.29, 1.82) is 0 Å². The van der Waals surface area contributed by atoms with Crippen LogP contribution in [0.4, 0.5) is 0 Å². The molecule has 0 spiro atoms. The number of ether oxygens (including phenoxy) is 1. The van der Waals surface area contributed by atoms with Crippen molar-refractivity contribution in [2.24, 2.45) is 7.05 Å². The number of aryl methyl sites for hydroxylation is 1. The molecule has 0 aliphatic carbocycles. The zero-order valence-corrected chi connectivity index (χ0v) is 11.3. The third kappa shape index (κ3) is 2.71. The second-order valence-electron chi connectivity index (χ2n) is 4.10. The van der Waals surface area contributed by atoms with Gasteiger partial charge in [0.05, 0.1) is 6.20 Å². The van der Waals surface area contributed by atoms with E-state index in [0.29, 0.717) is 16.7 Å². The molecule has 1 aromatic carbocycles. The van der Waals surface area contributed by atoms with Gasteiger partial charge in [-0.1, -0.05) is 23.7 Å². The third-order valence-electron chi connectivity index (χ3n) is 2.82. The molecule has 0 unspecified atom stereocenters. The van der Waals surface area contributed by atoms with E-state index in [1.807, 2.05) is 0 Å². The summed E-state index contributed by atoms with van der Waals surface area (Å²) < 4.78 is 7.27. The van der Waals surface area contributed by atoms with Crippen LogP contribution < -0.4 is 4.74 Å². The summed E-state index contributed by atoms with van der Waals surface area (Å²) in [4.78, 5) is 15.2. The van der Waals surface area contributed by atoms with E-state index in [4.69, 9.17) is 21.4 Å². The van der Waals surface area contributed by atoms with E-state index < -0.39 is 5.97 Å². The quantitative estimate of drug-likeness (QED) is 0.935. The summed E-state index contributed by atoms with van der Waals surface area (Å²) in [6.45, 7) is 1.96. The minimum Gasteiger partial charge on any atom is -0.484 e. The maximum Gasteiger partial charge on any atom is 0.339 e. The normalized spacial score (nSPS) is 10.5. The van der Waals surface area contributed by atoms with E-state index in [1.54, 1.807) is 30.7 Å². The van der Waals surface area contributed by atoms with Gasteiger partial charge in [-0.25, -0.2) is 9.78 Å². The van der Waals surface area contributed by atoms with Crippen LogP contribution in [-0.4, -0.2) is 20.6 Å². The van der Waals surface area contributed by atoms with Crippen molar-refractivity contribution in [1.82, 2.24) is 9.55 Å². The first kappa shape index (κ1) is 13.4.